The normalized spacial score (nSPS) is 23.3. The zero-order valence-corrected chi connectivity index (χ0v) is 23.7. The average Bonchev–Trinajstić information content (AvgIpc) is 3.29. The van der Waals surface area contributed by atoms with Crippen molar-refractivity contribution in [1.82, 2.24) is 4.90 Å². The predicted octanol–water partition coefficient (Wildman–Crippen LogP) is 4.93. The van der Waals surface area contributed by atoms with Gasteiger partial charge in [0.05, 0.1) is 30.9 Å². The molecule has 8 nitrogen and oxygen atoms in total. The van der Waals surface area contributed by atoms with Crippen LogP contribution in [0.4, 0.5) is 0 Å². The lowest BCUT2D eigenvalue weighted by Gasteiger charge is -2.46. The maximum Gasteiger partial charge on any atom is 0.262 e. The Labute approximate surface area is 250 Å². The summed E-state index contributed by atoms with van der Waals surface area (Å²) in [5, 5.41) is 11.7. The number of rotatable bonds is 10. The van der Waals surface area contributed by atoms with Crippen LogP contribution in [0.1, 0.15) is 37.4 Å². The second-order valence-electron chi connectivity index (χ2n) is 10.7. The minimum absolute atomic E-state index is 0.0316. The lowest BCUT2D eigenvalue weighted by molar-refractivity contribution is -0.267. The Hall–Kier alpha value is -4.34. The van der Waals surface area contributed by atoms with E-state index in [1.165, 1.54) is 0 Å². The van der Waals surface area contributed by atoms with Crippen LogP contribution in [0.2, 0.25) is 0 Å². The summed E-state index contributed by atoms with van der Waals surface area (Å²) in [7, 11) is 0. The molecule has 0 saturated carbocycles. The highest BCUT2D eigenvalue weighted by Crippen LogP contribution is 2.35. The van der Waals surface area contributed by atoms with Gasteiger partial charge in [-0.25, -0.2) is 0 Å². The highest BCUT2D eigenvalue weighted by atomic mass is 16.7. The van der Waals surface area contributed by atoms with Crippen LogP contribution in [0.15, 0.2) is 109 Å². The van der Waals surface area contributed by atoms with Gasteiger partial charge in [0.25, 0.3) is 11.8 Å². The van der Waals surface area contributed by atoms with E-state index >= 15 is 0 Å². The van der Waals surface area contributed by atoms with Crippen LogP contribution in [0.3, 0.4) is 0 Å². The third kappa shape index (κ3) is 6.23. The smallest absolute Gasteiger partial charge is 0.262 e. The Morgan fingerprint density at radius 1 is 0.744 bits per heavy atom. The second-order valence-corrected chi connectivity index (χ2v) is 10.7. The van der Waals surface area contributed by atoms with E-state index in [9.17, 15) is 14.7 Å². The van der Waals surface area contributed by atoms with E-state index in [1.807, 2.05) is 79.7 Å². The van der Waals surface area contributed by atoms with Gasteiger partial charge in [-0.05, 0) is 42.3 Å². The van der Waals surface area contributed by atoms with E-state index in [0.717, 1.165) is 21.6 Å². The first-order valence-electron chi connectivity index (χ1n) is 14.3. The summed E-state index contributed by atoms with van der Waals surface area (Å²) in [6.07, 6.45) is -4.31. The van der Waals surface area contributed by atoms with Crippen LogP contribution in [-0.4, -0.2) is 59.1 Å². The summed E-state index contributed by atoms with van der Waals surface area (Å²) in [6, 6.07) is 32.1. The van der Waals surface area contributed by atoms with Gasteiger partial charge in [-0.15, -0.1) is 0 Å². The molecule has 1 N–H and O–H groups in total. The van der Waals surface area contributed by atoms with Gasteiger partial charge in [0.1, 0.15) is 30.1 Å². The number of carbonyl (C=O) groups excluding carboxylic acids is 2. The molecule has 43 heavy (non-hydrogen) atoms. The molecule has 220 valence electrons. The molecule has 0 aromatic heterocycles. The van der Waals surface area contributed by atoms with Crippen molar-refractivity contribution in [3.8, 4) is 5.75 Å². The molecule has 0 bridgehead atoms. The Bertz CT molecular complexity index is 1510. The van der Waals surface area contributed by atoms with Gasteiger partial charge < -0.3 is 24.1 Å². The maximum atomic E-state index is 13.7. The lowest BCUT2D eigenvalue weighted by Crippen LogP contribution is -2.67. The second kappa shape index (κ2) is 12.9. The van der Waals surface area contributed by atoms with E-state index in [0.29, 0.717) is 12.4 Å². The number of aryl methyl sites for hydroxylation is 1. The van der Waals surface area contributed by atoms with Crippen molar-refractivity contribution in [3.63, 3.8) is 0 Å². The first kappa shape index (κ1) is 28.8. The van der Waals surface area contributed by atoms with Crippen molar-refractivity contribution in [3.05, 3.63) is 137 Å². The summed E-state index contributed by atoms with van der Waals surface area (Å²) in [4.78, 5) is 28.6. The Kier molecular flexibility index (Phi) is 8.62. The highest BCUT2D eigenvalue weighted by Gasteiger charge is 2.55. The largest absolute Gasteiger partial charge is 0.463 e. The van der Waals surface area contributed by atoms with Crippen molar-refractivity contribution in [2.75, 3.05) is 6.61 Å². The molecule has 1 saturated heterocycles. The first-order valence-corrected chi connectivity index (χ1v) is 14.3. The van der Waals surface area contributed by atoms with Gasteiger partial charge in [0.15, 0.2) is 0 Å². The molecular formula is C35H33NO7. The quantitative estimate of drug-likeness (QED) is 0.267. The Morgan fingerprint density at radius 2 is 1.30 bits per heavy atom. The average molecular weight is 580 g/mol. The monoisotopic (exact) mass is 579 g/mol. The van der Waals surface area contributed by atoms with Gasteiger partial charge in [-0.3, -0.25) is 14.5 Å². The number of ether oxygens (including phenoxy) is 4. The molecule has 0 aliphatic carbocycles. The number of hydrogen-bond donors (Lipinski definition) is 1. The molecule has 1 fully saturated rings. The van der Waals surface area contributed by atoms with Crippen LogP contribution in [-0.2, 0) is 27.4 Å². The third-order valence-corrected chi connectivity index (χ3v) is 7.72. The molecule has 6 rings (SSSR count). The lowest BCUT2D eigenvalue weighted by atomic mass is 9.95. The summed E-state index contributed by atoms with van der Waals surface area (Å²) in [6.45, 7) is 2.45. The van der Waals surface area contributed by atoms with E-state index < -0.39 is 42.5 Å². The summed E-state index contributed by atoms with van der Waals surface area (Å²) in [5.41, 5.74) is 3.45. The van der Waals surface area contributed by atoms with Crippen LogP contribution in [0.5, 0.6) is 5.75 Å². The van der Waals surface area contributed by atoms with Crippen LogP contribution < -0.4 is 4.74 Å². The fourth-order valence-corrected chi connectivity index (χ4v) is 5.47. The van der Waals surface area contributed by atoms with Crippen molar-refractivity contribution in [1.29, 1.82) is 0 Å². The summed E-state index contributed by atoms with van der Waals surface area (Å²) < 4.78 is 25.0. The molecule has 4 aromatic carbocycles. The van der Waals surface area contributed by atoms with Crippen molar-refractivity contribution >= 4 is 11.8 Å². The fraction of sp³-hybridized carbons (Fsp3) is 0.257. The van der Waals surface area contributed by atoms with E-state index in [2.05, 4.69) is 0 Å². The van der Waals surface area contributed by atoms with Gasteiger partial charge in [-0.2, -0.15) is 0 Å². The molecule has 0 radical (unpaired) electrons. The number of aliphatic hydroxyl groups excluding tert-OH is 1. The SMILES string of the molecule is Cc1ccc(O[C@@H]2O[C@H](COCc3ccccc3)[C@@H](O)[C@H](OCc3ccccc3)[C@H]2N2C(=O)c3ccccc3C2=O)cc1. The third-order valence-electron chi connectivity index (χ3n) is 7.72. The Balaban J connectivity index is 1.33. The van der Waals surface area contributed by atoms with Gasteiger partial charge >= 0.3 is 0 Å². The molecule has 4 aromatic rings. The Morgan fingerprint density at radius 3 is 1.91 bits per heavy atom. The van der Waals surface area contributed by atoms with Gasteiger partial charge in [-0.1, -0.05) is 90.5 Å². The maximum absolute atomic E-state index is 13.7. The van der Waals surface area contributed by atoms with Crippen molar-refractivity contribution < 1.29 is 33.6 Å². The number of carbonyl (C=O) groups is 2. The van der Waals surface area contributed by atoms with E-state index in [-0.39, 0.29) is 24.3 Å². The topological polar surface area (TPSA) is 94.5 Å². The van der Waals surface area contributed by atoms with E-state index in [4.69, 9.17) is 18.9 Å². The number of amides is 2. The molecule has 8 heteroatoms. The first-order chi connectivity index (χ1) is 21.0. The molecule has 5 atom stereocenters. The van der Waals surface area contributed by atoms with Crippen LogP contribution >= 0.6 is 0 Å². The number of aliphatic hydroxyl groups is 1. The molecule has 2 heterocycles. The standard InChI is InChI=1S/C35H33NO7/c1-23-16-18-26(19-17-23)42-35-30(36-33(38)27-14-8-9-15-28(27)34(36)39)32(41-21-25-12-6-3-7-13-25)31(37)29(43-35)22-40-20-24-10-4-2-5-11-24/h2-19,29-32,35,37H,20-22H2,1H3/t29-,30-,31-,32-,35-/m1/s1. The zero-order valence-electron chi connectivity index (χ0n) is 23.7. The minimum atomic E-state index is -1.24. The molecule has 2 amide bonds. The number of fused-ring (bicyclic) bond motifs is 1. The summed E-state index contributed by atoms with van der Waals surface area (Å²) in [5.74, 6) is -0.503. The predicted molar refractivity (Wildman–Crippen MR) is 158 cm³/mol. The minimum Gasteiger partial charge on any atom is -0.463 e. The molecular weight excluding hydrogens is 546 g/mol. The zero-order chi connectivity index (χ0) is 29.8. The van der Waals surface area contributed by atoms with Gasteiger partial charge in [0, 0.05) is 0 Å². The van der Waals surface area contributed by atoms with Crippen LogP contribution in [0.25, 0.3) is 0 Å². The number of imide groups is 1. The van der Waals surface area contributed by atoms with Crippen molar-refractivity contribution in [2.24, 2.45) is 0 Å². The molecule has 0 spiro atoms. The highest BCUT2D eigenvalue weighted by molar-refractivity contribution is 6.21. The van der Waals surface area contributed by atoms with E-state index in [1.54, 1.807) is 36.4 Å². The molecule has 0 unspecified atom stereocenters. The fourth-order valence-electron chi connectivity index (χ4n) is 5.47. The van der Waals surface area contributed by atoms with Crippen LogP contribution in [0, 0.1) is 6.92 Å². The summed E-state index contributed by atoms with van der Waals surface area (Å²) >= 11 is 0. The number of nitrogens with zero attached hydrogens (tertiary/aromatic N) is 1. The number of hydrogen-bond acceptors (Lipinski definition) is 7. The molecule has 2 aliphatic heterocycles. The van der Waals surface area contributed by atoms with Crippen molar-refractivity contribution in [2.45, 2.75) is 50.8 Å². The van der Waals surface area contributed by atoms with Gasteiger partial charge in [0.2, 0.25) is 6.29 Å². The molecule has 2 aliphatic rings. The number of benzene rings is 4.